The molecule has 3 heteroatoms. The summed E-state index contributed by atoms with van der Waals surface area (Å²) in [6.07, 6.45) is 0. The summed E-state index contributed by atoms with van der Waals surface area (Å²) in [6, 6.07) is 8.86. The number of aliphatic hydroxyl groups is 1. The molecule has 0 aromatic heterocycles. The number of carbonyl (C=O) groups excluding carboxylic acids is 1. The Morgan fingerprint density at radius 3 is 1.18 bits per heavy atom. The summed E-state index contributed by atoms with van der Waals surface area (Å²) in [4.78, 5) is 13.8. The Labute approximate surface area is 232 Å². The fourth-order valence-electron chi connectivity index (χ4n) is 5.12. The molecular formula is C35H52O3. The topological polar surface area (TPSA) is 46.5 Å². The van der Waals surface area contributed by atoms with Crippen molar-refractivity contribution in [2.45, 2.75) is 126 Å². The minimum atomic E-state index is -0.469. The van der Waals surface area contributed by atoms with Gasteiger partial charge in [-0.1, -0.05) is 107 Å². The zero-order chi connectivity index (χ0) is 29.1. The van der Waals surface area contributed by atoms with Crippen LogP contribution in [0.2, 0.25) is 0 Å². The maximum absolute atomic E-state index is 13.8. The molecule has 0 heterocycles. The van der Waals surface area contributed by atoms with E-state index in [9.17, 15) is 9.90 Å². The predicted molar refractivity (Wildman–Crippen MR) is 163 cm³/mol. The number of esters is 1. The summed E-state index contributed by atoms with van der Waals surface area (Å²) in [6.45, 7) is 28.1. The zero-order valence-electron chi connectivity index (χ0n) is 26.2. The molecule has 2 aromatic carbocycles. The average Bonchev–Trinajstić information content (AvgIpc) is 2.82. The van der Waals surface area contributed by atoms with Gasteiger partial charge in [-0.05, 0) is 81.4 Å². The molecule has 38 heavy (non-hydrogen) atoms. The molecule has 0 saturated carbocycles. The highest BCUT2D eigenvalue weighted by molar-refractivity contribution is 6.24. The highest BCUT2D eigenvalue weighted by Gasteiger charge is 2.31. The van der Waals surface area contributed by atoms with Crippen molar-refractivity contribution in [3.8, 4) is 0 Å². The quantitative estimate of drug-likeness (QED) is 0.147. The Balaban J connectivity index is 3.22. The van der Waals surface area contributed by atoms with Crippen LogP contribution in [0.3, 0.4) is 0 Å². The average molecular weight is 521 g/mol. The van der Waals surface area contributed by atoms with E-state index >= 15 is 0 Å². The second kappa shape index (κ2) is 13.0. The number of hydrogen-bond donors (Lipinski definition) is 1. The first-order valence-corrected chi connectivity index (χ1v) is 14.6. The van der Waals surface area contributed by atoms with Gasteiger partial charge in [0.05, 0.1) is 6.61 Å². The SMILES string of the molecule is CCOC(=O)/C(=C(/O)c1c(C(C)C)cc(C(C)C)cc1C(C)C)c1c(C(C)C)cc(C(C)C)cc1C(C)C. The molecule has 1 N–H and O–H groups in total. The lowest BCUT2D eigenvalue weighted by atomic mass is 9.78. The van der Waals surface area contributed by atoms with E-state index in [-0.39, 0.29) is 41.6 Å². The molecule has 0 unspecified atom stereocenters. The Kier molecular flexibility index (Phi) is 10.8. The normalized spacial score (nSPS) is 12.9. The molecule has 0 atom stereocenters. The molecule has 0 fully saturated rings. The van der Waals surface area contributed by atoms with E-state index in [1.54, 1.807) is 0 Å². The fourth-order valence-corrected chi connectivity index (χ4v) is 5.12. The largest absolute Gasteiger partial charge is 0.506 e. The van der Waals surface area contributed by atoms with Gasteiger partial charge in [0, 0.05) is 5.56 Å². The van der Waals surface area contributed by atoms with Gasteiger partial charge in [-0.25, -0.2) is 4.79 Å². The van der Waals surface area contributed by atoms with Crippen molar-refractivity contribution in [2.24, 2.45) is 0 Å². The Hall–Kier alpha value is -2.55. The van der Waals surface area contributed by atoms with Gasteiger partial charge >= 0.3 is 5.97 Å². The molecule has 2 rings (SSSR count). The van der Waals surface area contributed by atoms with Gasteiger partial charge in [0.25, 0.3) is 0 Å². The van der Waals surface area contributed by atoms with E-state index in [1.165, 1.54) is 11.1 Å². The number of carbonyl (C=O) groups is 1. The molecule has 0 amide bonds. The Morgan fingerprint density at radius 2 is 0.921 bits per heavy atom. The number of rotatable bonds is 10. The van der Waals surface area contributed by atoms with Crippen LogP contribution >= 0.6 is 0 Å². The van der Waals surface area contributed by atoms with E-state index in [2.05, 4.69) is 107 Å². The first kappa shape index (κ1) is 31.7. The van der Waals surface area contributed by atoms with Gasteiger partial charge in [0.2, 0.25) is 0 Å². The number of aliphatic hydroxyl groups excluding tert-OH is 1. The summed E-state index contributed by atoms with van der Waals surface area (Å²) >= 11 is 0. The van der Waals surface area contributed by atoms with E-state index < -0.39 is 5.97 Å². The van der Waals surface area contributed by atoms with Crippen LogP contribution in [-0.4, -0.2) is 17.7 Å². The van der Waals surface area contributed by atoms with Gasteiger partial charge in [0.15, 0.2) is 0 Å². The molecule has 2 aromatic rings. The number of hydrogen-bond acceptors (Lipinski definition) is 3. The van der Waals surface area contributed by atoms with Crippen molar-refractivity contribution in [2.75, 3.05) is 6.61 Å². The Bertz CT molecular complexity index is 1100. The highest BCUT2D eigenvalue weighted by atomic mass is 16.5. The monoisotopic (exact) mass is 520 g/mol. The van der Waals surface area contributed by atoms with E-state index in [4.69, 9.17) is 4.74 Å². The molecule has 0 spiro atoms. The molecule has 0 saturated heterocycles. The van der Waals surface area contributed by atoms with Crippen molar-refractivity contribution >= 4 is 17.3 Å². The minimum Gasteiger partial charge on any atom is -0.506 e. The van der Waals surface area contributed by atoms with Crippen molar-refractivity contribution in [1.82, 2.24) is 0 Å². The zero-order valence-corrected chi connectivity index (χ0v) is 26.2. The van der Waals surface area contributed by atoms with Crippen LogP contribution in [0.1, 0.15) is 170 Å². The van der Waals surface area contributed by atoms with E-state index in [0.717, 1.165) is 33.4 Å². The van der Waals surface area contributed by atoms with Gasteiger partial charge < -0.3 is 9.84 Å². The van der Waals surface area contributed by atoms with Crippen molar-refractivity contribution in [1.29, 1.82) is 0 Å². The third-order valence-corrected chi connectivity index (χ3v) is 7.47. The van der Waals surface area contributed by atoms with Crippen molar-refractivity contribution in [3.05, 3.63) is 68.8 Å². The molecular weight excluding hydrogens is 468 g/mol. The van der Waals surface area contributed by atoms with Gasteiger partial charge in [-0.15, -0.1) is 0 Å². The molecule has 210 valence electrons. The molecule has 0 radical (unpaired) electrons. The molecule has 0 aliphatic heterocycles. The summed E-state index contributed by atoms with van der Waals surface area (Å²) in [7, 11) is 0. The lowest BCUT2D eigenvalue weighted by Crippen LogP contribution is -2.16. The predicted octanol–water partition coefficient (Wildman–Crippen LogP) is 10.4. The second-order valence-corrected chi connectivity index (χ2v) is 12.5. The number of ether oxygens (including phenoxy) is 1. The summed E-state index contributed by atoms with van der Waals surface area (Å²) in [5.41, 5.74) is 8.67. The van der Waals surface area contributed by atoms with Crippen LogP contribution in [0.5, 0.6) is 0 Å². The fraction of sp³-hybridized carbons (Fsp3) is 0.571. The summed E-state index contributed by atoms with van der Waals surface area (Å²) < 4.78 is 5.65. The summed E-state index contributed by atoms with van der Waals surface area (Å²) in [5, 5.41) is 12.3. The van der Waals surface area contributed by atoms with Crippen LogP contribution in [-0.2, 0) is 9.53 Å². The number of benzene rings is 2. The van der Waals surface area contributed by atoms with Crippen LogP contribution in [0.15, 0.2) is 24.3 Å². The molecule has 0 bridgehead atoms. The molecule has 0 aliphatic rings. The van der Waals surface area contributed by atoms with Crippen LogP contribution in [0, 0.1) is 0 Å². The highest BCUT2D eigenvalue weighted by Crippen LogP contribution is 2.42. The van der Waals surface area contributed by atoms with Crippen molar-refractivity contribution < 1.29 is 14.6 Å². The van der Waals surface area contributed by atoms with Gasteiger partial charge in [-0.2, -0.15) is 0 Å². The maximum atomic E-state index is 13.8. The summed E-state index contributed by atoms with van der Waals surface area (Å²) in [5.74, 6) is 0.945. The molecule has 0 aliphatic carbocycles. The van der Waals surface area contributed by atoms with Gasteiger partial charge in [-0.3, -0.25) is 0 Å². The van der Waals surface area contributed by atoms with E-state index in [1.807, 2.05) is 6.92 Å². The van der Waals surface area contributed by atoms with E-state index in [0.29, 0.717) is 11.8 Å². The van der Waals surface area contributed by atoms with Crippen LogP contribution in [0.4, 0.5) is 0 Å². The van der Waals surface area contributed by atoms with Gasteiger partial charge in [0.1, 0.15) is 11.3 Å². The van der Waals surface area contributed by atoms with Crippen LogP contribution in [0.25, 0.3) is 11.3 Å². The standard InChI is InChI=1S/C35H52O3/c1-14-38-35(37)33(31-27(21(6)7)15-25(19(2)3)16-28(31)22(8)9)34(36)32-29(23(10)11)17-26(20(4)5)18-30(32)24(12)13/h15-24,36H,14H2,1-13H3/b34-33+. The smallest absolute Gasteiger partial charge is 0.342 e. The second-order valence-electron chi connectivity index (χ2n) is 12.5. The lowest BCUT2D eigenvalue weighted by molar-refractivity contribution is -0.136. The maximum Gasteiger partial charge on any atom is 0.342 e. The third-order valence-electron chi connectivity index (χ3n) is 7.47. The van der Waals surface area contributed by atoms with Crippen LogP contribution < -0.4 is 0 Å². The minimum absolute atomic E-state index is 0.0345. The Morgan fingerprint density at radius 1 is 0.605 bits per heavy atom. The first-order chi connectivity index (χ1) is 17.6. The molecule has 3 nitrogen and oxygen atoms in total. The first-order valence-electron chi connectivity index (χ1n) is 14.6. The van der Waals surface area contributed by atoms with Crippen molar-refractivity contribution in [3.63, 3.8) is 0 Å². The third kappa shape index (κ3) is 6.71. The lowest BCUT2D eigenvalue weighted by Gasteiger charge is -2.27.